The van der Waals surface area contributed by atoms with E-state index in [2.05, 4.69) is 24.0 Å². The molecule has 2 rings (SSSR count). The van der Waals surface area contributed by atoms with Gasteiger partial charge in [-0.2, -0.15) is 0 Å². The highest BCUT2D eigenvalue weighted by atomic mass is 16.1. The van der Waals surface area contributed by atoms with Crippen LogP contribution in [0.25, 0.3) is 11.3 Å². The number of carbonyl (C=O) groups excluding carboxylic acids is 1. The molecule has 0 aliphatic rings. The Kier molecular flexibility index (Phi) is 4.29. The second-order valence-electron chi connectivity index (χ2n) is 4.56. The molecule has 3 nitrogen and oxygen atoms in total. The average Bonchev–Trinajstić information content (AvgIpc) is 2.45. The van der Waals surface area contributed by atoms with Gasteiger partial charge in [-0.1, -0.05) is 37.6 Å². The maximum Gasteiger partial charge on any atom is 0.250 e. The first kappa shape index (κ1) is 13.3. The van der Waals surface area contributed by atoms with Gasteiger partial charge in [0, 0.05) is 11.8 Å². The topological polar surface area (TPSA) is 56.0 Å². The Hall–Kier alpha value is -2.16. The summed E-state index contributed by atoms with van der Waals surface area (Å²) in [5, 5.41) is 0. The Morgan fingerprint density at radius 2 is 1.95 bits per heavy atom. The van der Waals surface area contributed by atoms with Crippen molar-refractivity contribution in [2.75, 3.05) is 0 Å². The fourth-order valence-electron chi connectivity index (χ4n) is 2.04. The highest BCUT2D eigenvalue weighted by Gasteiger charge is 2.10. The summed E-state index contributed by atoms with van der Waals surface area (Å²) in [7, 11) is 0. The summed E-state index contributed by atoms with van der Waals surface area (Å²) in [6.45, 7) is 2.18. The van der Waals surface area contributed by atoms with E-state index < -0.39 is 5.91 Å². The highest BCUT2D eigenvalue weighted by molar-refractivity contribution is 5.98. The van der Waals surface area contributed by atoms with Crippen molar-refractivity contribution in [3.8, 4) is 11.3 Å². The lowest BCUT2D eigenvalue weighted by atomic mass is 10.0. The SMILES string of the molecule is CCCCc1ccc(-c2ncccc2C(N)=O)cc1. The molecule has 98 valence electrons. The Morgan fingerprint density at radius 3 is 2.58 bits per heavy atom. The first-order valence-electron chi connectivity index (χ1n) is 6.56. The monoisotopic (exact) mass is 254 g/mol. The number of unbranched alkanes of at least 4 members (excludes halogenated alkanes) is 1. The van der Waals surface area contributed by atoms with Crippen LogP contribution in [0.3, 0.4) is 0 Å². The molecular formula is C16H18N2O. The first-order chi connectivity index (χ1) is 9.22. The van der Waals surface area contributed by atoms with Gasteiger partial charge in [-0.3, -0.25) is 9.78 Å². The fourth-order valence-corrected chi connectivity index (χ4v) is 2.04. The molecule has 3 heteroatoms. The summed E-state index contributed by atoms with van der Waals surface area (Å²) in [6, 6.07) is 11.6. The Morgan fingerprint density at radius 1 is 1.21 bits per heavy atom. The van der Waals surface area contributed by atoms with Crippen LogP contribution < -0.4 is 5.73 Å². The predicted molar refractivity (Wildman–Crippen MR) is 76.8 cm³/mol. The van der Waals surface area contributed by atoms with Crippen LogP contribution in [0, 0.1) is 0 Å². The second kappa shape index (κ2) is 6.14. The molecule has 1 aromatic heterocycles. The van der Waals surface area contributed by atoms with Gasteiger partial charge < -0.3 is 5.73 Å². The minimum absolute atomic E-state index is 0.446. The molecule has 0 saturated heterocycles. The molecule has 0 spiro atoms. The van der Waals surface area contributed by atoms with Crippen molar-refractivity contribution >= 4 is 5.91 Å². The Bertz CT molecular complexity index is 561. The normalized spacial score (nSPS) is 10.4. The number of aryl methyl sites for hydroxylation is 1. The van der Waals surface area contributed by atoms with Crippen molar-refractivity contribution in [2.24, 2.45) is 5.73 Å². The van der Waals surface area contributed by atoms with E-state index in [1.807, 2.05) is 12.1 Å². The van der Waals surface area contributed by atoms with Crippen molar-refractivity contribution < 1.29 is 4.79 Å². The number of aromatic nitrogens is 1. The smallest absolute Gasteiger partial charge is 0.250 e. The van der Waals surface area contributed by atoms with Crippen LogP contribution in [-0.4, -0.2) is 10.9 Å². The van der Waals surface area contributed by atoms with Crippen LogP contribution in [0.5, 0.6) is 0 Å². The standard InChI is InChI=1S/C16H18N2O/c1-2-3-5-12-7-9-13(10-8-12)15-14(16(17)19)6-4-11-18-15/h4,6-11H,2-3,5H2,1H3,(H2,17,19). The van der Waals surface area contributed by atoms with E-state index in [9.17, 15) is 4.79 Å². The average molecular weight is 254 g/mol. The third-order valence-electron chi connectivity index (χ3n) is 3.12. The molecule has 1 heterocycles. The molecule has 0 fully saturated rings. The van der Waals surface area contributed by atoms with E-state index in [-0.39, 0.29) is 0 Å². The van der Waals surface area contributed by atoms with Gasteiger partial charge in [0.15, 0.2) is 0 Å². The molecule has 0 radical (unpaired) electrons. The number of benzene rings is 1. The number of nitrogens with two attached hydrogens (primary N) is 1. The molecular weight excluding hydrogens is 236 g/mol. The van der Waals surface area contributed by atoms with E-state index >= 15 is 0 Å². The Labute approximate surface area is 113 Å². The summed E-state index contributed by atoms with van der Waals surface area (Å²) < 4.78 is 0. The maximum absolute atomic E-state index is 11.4. The third-order valence-corrected chi connectivity index (χ3v) is 3.12. The molecule has 0 atom stereocenters. The van der Waals surface area contributed by atoms with Gasteiger partial charge in [-0.05, 0) is 30.5 Å². The van der Waals surface area contributed by atoms with E-state index in [0.29, 0.717) is 11.3 Å². The maximum atomic E-state index is 11.4. The first-order valence-corrected chi connectivity index (χ1v) is 6.56. The molecule has 0 aliphatic carbocycles. The van der Waals surface area contributed by atoms with E-state index in [4.69, 9.17) is 5.73 Å². The number of carbonyl (C=O) groups is 1. The van der Waals surface area contributed by atoms with Crippen LogP contribution in [-0.2, 0) is 6.42 Å². The van der Waals surface area contributed by atoms with Crippen molar-refractivity contribution in [1.29, 1.82) is 0 Å². The minimum atomic E-state index is -0.446. The van der Waals surface area contributed by atoms with Crippen LogP contribution in [0.1, 0.15) is 35.7 Å². The number of nitrogens with zero attached hydrogens (tertiary/aromatic N) is 1. The molecule has 2 aromatic rings. The number of amides is 1. The zero-order valence-electron chi connectivity index (χ0n) is 11.1. The lowest BCUT2D eigenvalue weighted by molar-refractivity contribution is 0.100. The molecule has 19 heavy (non-hydrogen) atoms. The fraction of sp³-hybridized carbons (Fsp3) is 0.250. The predicted octanol–water partition coefficient (Wildman–Crippen LogP) is 3.19. The van der Waals surface area contributed by atoms with Gasteiger partial charge in [0.05, 0.1) is 11.3 Å². The van der Waals surface area contributed by atoms with Gasteiger partial charge in [0.25, 0.3) is 5.91 Å². The van der Waals surface area contributed by atoms with Gasteiger partial charge in [0.2, 0.25) is 0 Å². The zero-order valence-corrected chi connectivity index (χ0v) is 11.1. The highest BCUT2D eigenvalue weighted by Crippen LogP contribution is 2.21. The molecule has 2 N–H and O–H groups in total. The lowest BCUT2D eigenvalue weighted by Crippen LogP contribution is -2.13. The quantitative estimate of drug-likeness (QED) is 0.890. The van der Waals surface area contributed by atoms with Gasteiger partial charge in [-0.15, -0.1) is 0 Å². The van der Waals surface area contributed by atoms with Crippen molar-refractivity contribution in [2.45, 2.75) is 26.2 Å². The van der Waals surface area contributed by atoms with Gasteiger partial charge >= 0.3 is 0 Å². The van der Waals surface area contributed by atoms with Crippen LogP contribution in [0.4, 0.5) is 0 Å². The zero-order chi connectivity index (χ0) is 13.7. The van der Waals surface area contributed by atoms with Gasteiger partial charge in [0.1, 0.15) is 0 Å². The summed E-state index contributed by atoms with van der Waals surface area (Å²) in [5.41, 5.74) is 8.71. The number of hydrogen-bond donors (Lipinski definition) is 1. The van der Waals surface area contributed by atoms with Crippen molar-refractivity contribution in [1.82, 2.24) is 4.98 Å². The lowest BCUT2D eigenvalue weighted by Gasteiger charge is -2.06. The minimum Gasteiger partial charge on any atom is -0.366 e. The van der Waals surface area contributed by atoms with E-state index in [1.165, 1.54) is 18.4 Å². The largest absolute Gasteiger partial charge is 0.366 e. The summed E-state index contributed by atoms with van der Waals surface area (Å²) in [6.07, 6.45) is 5.14. The molecule has 1 amide bonds. The number of hydrogen-bond acceptors (Lipinski definition) is 2. The molecule has 1 aromatic carbocycles. The van der Waals surface area contributed by atoms with Crippen molar-refractivity contribution in [3.63, 3.8) is 0 Å². The summed E-state index contributed by atoms with van der Waals surface area (Å²) >= 11 is 0. The summed E-state index contributed by atoms with van der Waals surface area (Å²) in [4.78, 5) is 15.6. The molecule has 0 aliphatic heterocycles. The molecule has 0 bridgehead atoms. The van der Waals surface area contributed by atoms with E-state index in [0.717, 1.165) is 12.0 Å². The van der Waals surface area contributed by atoms with Crippen LogP contribution in [0.2, 0.25) is 0 Å². The van der Waals surface area contributed by atoms with Crippen molar-refractivity contribution in [3.05, 3.63) is 53.7 Å². The third kappa shape index (κ3) is 3.19. The number of primary amides is 1. The molecule has 0 saturated carbocycles. The van der Waals surface area contributed by atoms with Gasteiger partial charge in [-0.25, -0.2) is 0 Å². The molecule has 0 unspecified atom stereocenters. The Balaban J connectivity index is 2.30. The summed E-state index contributed by atoms with van der Waals surface area (Å²) in [5.74, 6) is -0.446. The van der Waals surface area contributed by atoms with Crippen LogP contribution >= 0.6 is 0 Å². The number of rotatable bonds is 5. The number of pyridine rings is 1. The second-order valence-corrected chi connectivity index (χ2v) is 4.56. The van der Waals surface area contributed by atoms with E-state index in [1.54, 1.807) is 18.3 Å². The van der Waals surface area contributed by atoms with Crippen LogP contribution in [0.15, 0.2) is 42.6 Å².